The lowest BCUT2D eigenvalue weighted by Crippen LogP contribution is -2.24. The van der Waals surface area contributed by atoms with Crippen LogP contribution in [0, 0.1) is 5.92 Å². The van der Waals surface area contributed by atoms with Crippen molar-refractivity contribution in [1.82, 2.24) is 5.32 Å². The largest absolute Gasteiger partial charge is 0.393 e. The van der Waals surface area contributed by atoms with Crippen LogP contribution in [0.25, 0.3) is 6.08 Å². The normalized spacial score (nSPS) is 13.9. The number of benzene rings is 1. The van der Waals surface area contributed by atoms with E-state index in [1.807, 2.05) is 32.0 Å². The van der Waals surface area contributed by atoms with Gasteiger partial charge in [0.1, 0.15) is 0 Å². The first-order chi connectivity index (χ1) is 8.59. The maximum atomic E-state index is 9.67. The van der Waals surface area contributed by atoms with E-state index in [4.69, 9.17) is 0 Å². The Morgan fingerprint density at radius 3 is 2.56 bits per heavy atom. The van der Waals surface area contributed by atoms with Gasteiger partial charge >= 0.3 is 0 Å². The van der Waals surface area contributed by atoms with Crippen LogP contribution in [0.5, 0.6) is 0 Å². The Bertz CT molecular complexity index is 357. The van der Waals surface area contributed by atoms with Gasteiger partial charge in [0.15, 0.2) is 0 Å². The number of aliphatic hydroxyl groups is 1. The fraction of sp³-hybridized carbons (Fsp3) is 0.500. The highest BCUT2D eigenvalue weighted by Crippen LogP contribution is 2.06. The number of nitrogens with one attached hydrogen (secondary N) is 1. The van der Waals surface area contributed by atoms with Gasteiger partial charge in [0, 0.05) is 6.54 Å². The Labute approximate surface area is 111 Å². The van der Waals surface area contributed by atoms with Gasteiger partial charge in [-0.05, 0) is 31.4 Å². The summed E-state index contributed by atoms with van der Waals surface area (Å²) in [4.78, 5) is 0. The predicted octanol–water partition coefficient (Wildman–Crippen LogP) is 3.09. The zero-order valence-electron chi connectivity index (χ0n) is 11.7. The van der Waals surface area contributed by atoms with Crippen molar-refractivity contribution < 1.29 is 5.11 Å². The molecule has 0 saturated carbocycles. The van der Waals surface area contributed by atoms with Crippen molar-refractivity contribution in [3.63, 3.8) is 0 Å². The third kappa shape index (κ3) is 5.99. The summed E-state index contributed by atoms with van der Waals surface area (Å²) in [7, 11) is 0. The van der Waals surface area contributed by atoms with Crippen LogP contribution < -0.4 is 5.32 Å². The summed E-state index contributed by atoms with van der Waals surface area (Å²) < 4.78 is 0. The number of hydrogen-bond donors (Lipinski definition) is 2. The van der Waals surface area contributed by atoms with Crippen LogP contribution in [-0.2, 0) is 0 Å². The van der Waals surface area contributed by atoms with Gasteiger partial charge in [0.25, 0.3) is 0 Å². The van der Waals surface area contributed by atoms with E-state index in [0.717, 1.165) is 19.5 Å². The molecule has 0 radical (unpaired) electrons. The van der Waals surface area contributed by atoms with Crippen molar-refractivity contribution in [3.05, 3.63) is 41.5 Å². The Kier molecular flexibility index (Phi) is 6.69. The zero-order valence-corrected chi connectivity index (χ0v) is 11.7. The van der Waals surface area contributed by atoms with Gasteiger partial charge in [-0.3, -0.25) is 0 Å². The standard InChI is InChI=1S/C16H25NO/c1-13(2)16(18)9-10-17-12-14(3)11-15-7-5-4-6-8-15/h4-8,11,13,16-18H,9-10,12H2,1-3H3. The van der Waals surface area contributed by atoms with Crippen molar-refractivity contribution in [2.24, 2.45) is 5.92 Å². The Hall–Kier alpha value is -1.12. The van der Waals surface area contributed by atoms with Crippen LogP contribution in [0.2, 0.25) is 0 Å². The molecule has 1 atom stereocenters. The van der Waals surface area contributed by atoms with Crippen LogP contribution >= 0.6 is 0 Å². The molecular formula is C16H25NO. The van der Waals surface area contributed by atoms with Gasteiger partial charge in [0.2, 0.25) is 0 Å². The van der Waals surface area contributed by atoms with Gasteiger partial charge in [-0.15, -0.1) is 0 Å². The molecule has 2 nitrogen and oxygen atoms in total. The Balaban J connectivity index is 2.25. The molecule has 0 fully saturated rings. The molecule has 0 amide bonds. The van der Waals surface area contributed by atoms with Crippen molar-refractivity contribution in [1.29, 1.82) is 0 Å². The Morgan fingerprint density at radius 1 is 1.28 bits per heavy atom. The van der Waals surface area contributed by atoms with Gasteiger partial charge < -0.3 is 10.4 Å². The van der Waals surface area contributed by atoms with Gasteiger partial charge in [0.05, 0.1) is 6.10 Å². The second-order valence-corrected chi connectivity index (χ2v) is 5.18. The first-order valence-corrected chi connectivity index (χ1v) is 6.70. The second-order valence-electron chi connectivity index (χ2n) is 5.18. The van der Waals surface area contributed by atoms with Crippen molar-refractivity contribution in [3.8, 4) is 0 Å². The molecule has 2 heteroatoms. The summed E-state index contributed by atoms with van der Waals surface area (Å²) in [5.41, 5.74) is 2.54. The first kappa shape index (κ1) is 14.9. The molecule has 0 aliphatic heterocycles. The molecule has 1 aromatic carbocycles. The molecule has 0 saturated heterocycles. The van der Waals surface area contributed by atoms with Crippen LogP contribution in [0.3, 0.4) is 0 Å². The number of rotatable bonds is 7. The summed E-state index contributed by atoms with van der Waals surface area (Å²) >= 11 is 0. The van der Waals surface area contributed by atoms with E-state index in [0.29, 0.717) is 5.92 Å². The molecule has 100 valence electrons. The highest BCUT2D eigenvalue weighted by Gasteiger charge is 2.07. The monoisotopic (exact) mass is 247 g/mol. The van der Waals surface area contributed by atoms with Gasteiger partial charge in [-0.25, -0.2) is 0 Å². The molecule has 0 aromatic heterocycles. The maximum absolute atomic E-state index is 9.67. The molecule has 1 aromatic rings. The van der Waals surface area contributed by atoms with Crippen molar-refractivity contribution in [2.75, 3.05) is 13.1 Å². The first-order valence-electron chi connectivity index (χ1n) is 6.70. The summed E-state index contributed by atoms with van der Waals surface area (Å²) in [5, 5.41) is 13.0. The smallest absolute Gasteiger partial charge is 0.0575 e. The molecule has 0 aliphatic carbocycles. The van der Waals surface area contributed by atoms with E-state index < -0.39 is 0 Å². The molecular weight excluding hydrogens is 222 g/mol. The molecule has 1 unspecified atom stereocenters. The minimum atomic E-state index is -0.198. The number of hydrogen-bond acceptors (Lipinski definition) is 2. The maximum Gasteiger partial charge on any atom is 0.0575 e. The van der Waals surface area contributed by atoms with E-state index in [9.17, 15) is 5.11 Å². The minimum Gasteiger partial charge on any atom is -0.393 e. The van der Waals surface area contributed by atoms with E-state index in [-0.39, 0.29) is 6.10 Å². The predicted molar refractivity (Wildman–Crippen MR) is 78.4 cm³/mol. The lowest BCUT2D eigenvalue weighted by Gasteiger charge is -2.14. The van der Waals surface area contributed by atoms with E-state index >= 15 is 0 Å². The van der Waals surface area contributed by atoms with Crippen molar-refractivity contribution >= 4 is 6.08 Å². The van der Waals surface area contributed by atoms with E-state index in [2.05, 4.69) is 30.4 Å². The molecule has 1 rings (SSSR count). The summed E-state index contributed by atoms with van der Waals surface area (Å²) in [6, 6.07) is 10.3. The van der Waals surface area contributed by atoms with Crippen LogP contribution in [0.1, 0.15) is 32.8 Å². The molecule has 0 spiro atoms. The molecule has 2 N–H and O–H groups in total. The summed E-state index contributed by atoms with van der Waals surface area (Å²) in [5.74, 6) is 0.341. The second kappa shape index (κ2) is 8.06. The van der Waals surface area contributed by atoms with Crippen molar-refractivity contribution in [2.45, 2.75) is 33.3 Å². The third-order valence-corrected chi connectivity index (χ3v) is 3.00. The molecule has 0 heterocycles. The molecule has 18 heavy (non-hydrogen) atoms. The summed E-state index contributed by atoms with van der Waals surface area (Å²) in [6.07, 6.45) is 2.80. The van der Waals surface area contributed by atoms with Gasteiger partial charge in [-0.2, -0.15) is 0 Å². The van der Waals surface area contributed by atoms with Crippen LogP contribution in [0.4, 0.5) is 0 Å². The lowest BCUT2D eigenvalue weighted by molar-refractivity contribution is 0.116. The lowest BCUT2D eigenvalue weighted by atomic mass is 10.0. The fourth-order valence-corrected chi connectivity index (χ4v) is 1.75. The molecule has 0 aliphatic rings. The average molecular weight is 247 g/mol. The third-order valence-electron chi connectivity index (χ3n) is 3.00. The SMILES string of the molecule is CC(=Cc1ccccc1)CNCCC(O)C(C)C. The average Bonchev–Trinajstić information content (AvgIpc) is 2.35. The van der Waals surface area contributed by atoms with Crippen LogP contribution in [0.15, 0.2) is 35.9 Å². The highest BCUT2D eigenvalue weighted by atomic mass is 16.3. The van der Waals surface area contributed by atoms with Crippen LogP contribution in [-0.4, -0.2) is 24.3 Å². The van der Waals surface area contributed by atoms with E-state index in [1.54, 1.807) is 0 Å². The Morgan fingerprint density at radius 2 is 1.94 bits per heavy atom. The van der Waals surface area contributed by atoms with Gasteiger partial charge in [-0.1, -0.05) is 55.8 Å². The number of aliphatic hydroxyl groups excluding tert-OH is 1. The zero-order chi connectivity index (χ0) is 13.4. The minimum absolute atomic E-state index is 0.198. The van der Waals surface area contributed by atoms with E-state index in [1.165, 1.54) is 11.1 Å². The topological polar surface area (TPSA) is 32.3 Å². The quantitative estimate of drug-likeness (QED) is 0.726. The molecule has 0 bridgehead atoms. The fourth-order valence-electron chi connectivity index (χ4n) is 1.75. The highest BCUT2D eigenvalue weighted by molar-refractivity contribution is 5.52. The summed E-state index contributed by atoms with van der Waals surface area (Å²) in [6.45, 7) is 7.95.